The molecule has 1 saturated carbocycles. The van der Waals surface area contributed by atoms with Crippen LogP contribution in [0.3, 0.4) is 0 Å². The Bertz CT molecular complexity index is 466. The number of hydrogen-bond acceptors (Lipinski definition) is 4. The van der Waals surface area contributed by atoms with Crippen LogP contribution in [0, 0.1) is 0 Å². The number of carbonyl (C=O) groups is 1. The topological polar surface area (TPSA) is 53.3 Å². The monoisotopic (exact) mass is 278 g/mol. The summed E-state index contributed by atoms with van der Waals surface area (Å²) in [4.78, 5) is 11.6. The summed E-state index contributed by atoms with van der Waals surface area (Å²) < 4.78 is 47.2. The minimum atomic E-state index is -4.46. The lowest BCUT2D eigenvalue weighted by Crippen LogP contribution is -2.20. The first-order chi connectivity index (χ1) is 8.90. The van der Waals surface area contributed by atoms with Crippen molar-refractivity contribution in [2.24, 2.45) is 0 Å². The van der Waals surface area contributed by atoms with Crippen molar-refractivity contribution < 1.29 is 27.4 Å². The lowest BCUT2D eigenvalue weighted by atomic mass is 10.4. The number of halogens is 3. The molecule has 8 heteroatoms. The second-order valence-corrected chi connectivity index (χ2v) is 4.18. The number of rotatable bonds is 5. The molecule has 19 heavy (non-hydrogen) atoms. The van der Waals surface area contributed by atoms with Crippen molar-refractivity contribution in [1.82, 2.24) is 9.78 Å². The summed E-state index contributed by atoms with van der Waals surface area (Å²) in [5.41, 5.74) is -0.210. The van der Waals surface area contributed by atoms with E-state index in [4.69, 9.17) is 4.74 Å². The lowest BCUT2D eigenvalue weighted by Gasteiger charge is -2.08. The number of aromatic nitrogens is 2. The van der Waals surface area contributed by atoms with E-state index in [1.807, 2.05) is 0 Å². The zero-order valence-electron chi connectivity index (χ0n) is 10.2. The van der Waals surface area contributed by atoms with E-state index in [9.17, 15) is 18.0 Å². The molecule has 1 heterocycles. The fourth-order valence-electron chi connectivity index (χ4n) is 1.51. The van der Waals surface area contributed by atoms with Gasteiger partial charge in [-0.1, -0.05) is 0 Å². The van der Waals surface area contributed by atoms with E-state index >= 15 is 0 Å². The molecule has 0 aromatic carbocycles. The number of esters is 1. The van der Waals surface area contributed by atoms with Gasteiger partial charge in [-0.3, -0.25) is 4.68 Å². The molecule has 1 fully saturated rings. The summed E-state index contributed by atoms with van der Waals surface area (Å²) in [5, 5.41) is 3.94. The molecule has 2 rings (SSSR count). The first kappa shape index (κ1) is 13.7. The Morgan fingerprint density at radius 2 is 2.21 bits per heavy atom. The summed E-state index contributed by atoms with van der Waals surface area (Å²) in [5.74, 6) is -0.971. The Balaban J connectivity index is 2.16. The van der Waals surface area contributed by atoms with E-state index < -0.39 is 18.8 Å². The van der Waals surface area contributed by atoms with Crippen LogP contribution in [-0.4, -0.2) is 35.1 Å². The molecule has 0 amide bonds. The largest absolute Gasteiger partial charge is 0.480 e. The van der Waals surface area contributed by atoms with Crippen LogP contribution in [0.1, 0.15) is 36.3 Å². The van der Waals surface area contributed by atoms with Crippen molar-refractivity contribution in [2.45, 2.75) is 32.0 Å². The van der Waals surface area contributed by atoms with E-state index in [1.165, 1.54) is 10.9 Å². The van der Waals surface area contributed by atoms with Gasteiger partial charge in [0.2, 0.25) is 5.69 Å². The number of ether oxygens (including phenoxy) is 2. The van der Waals surface area contributed by atoms with E-state index in [1.54, 1.807) is 6.92 Å². The van der Waals surface area contributed by atoms with Crippen LogP contribution in [-0.2, 0) is 4.74 Å². The molecular formula is C11H13F3N2O3. The second-order valence-electron chi connectivity index (χ2n) is 4.18. The standard InChI is InChI=1S/C11H13F3N2O3/c1-2-18-10(17)9-8(19-6-11(12,13)14)5-16(15-9)7-3-4-7/h5,7H,2-4,6H2,1H3. The summed E-state index contributed by atoms with van der Waals surface area (Å²) >= 11 is 0. The van der Waals surface area contributed by atoms with E-state index in [0.717, 1.165) is 12.8 Å². The van der Waals surface area contributed by atoms with E-state index in [2.05, 4.69) is 9.84 Å². The number of nitrogens with zero attached hydrogens (tertiary/aromatic N) is 2. The molecule has 0 unspecified atom stereocenters. The zero-order chi connectivity index (χ0) is 14.0. The molecule has 1 aromatic heterocycles. The Labute approximate surface area is 107 Å². The van der Waals surface area contributed by atoms with Gasteiger partial charge in [0, 0.05) is 0 Å². The maximum atomic E-state index is 12.1. The number of hydrogen-bond donors (Lipinski definition) is 0. The highest BCUT2D eigenvalue weighted by Crippen LogP contribution is 2.36. The SMILES string of the molecule is CCOC(=O)c1nn(C2CC2)cc1OCC(F)(F)F. The van der Waals surface area contributed by atoms with Crippen molar-refractivity contribution in [3.8, 4) is 5.75 Å². The minimum absolute atomic E-state index is 0.119. The second kappa shape index (κ2) is 5.10. The van der Waals surface area contributed by atoms with Crippen LogP contribution >= 0.6 is 0 Å². The van der Waals surface area contributed by atoms with Crippen molar-refractivity contribution in [3.63, 3.8) is 0 Å². The van der Waals surface area contributed by atoms with Crippen molar-refractivity contribution in [2.75, 3.05) is 13.2 Å². The van der Waals surface area contributed by atoms with Crippen LogP contribution in [0.4, 0.5) is 13.2 Å². The molecule has 0 radical (unpaired) electrons. The molecule has 0 atom stereocenters. The third-order valence-electron chi connectivity index (χ3n) is 2.48. The zero-order valence-corrected chi connectivity index (χ0v) is 10.2. The van der Waals surface area contributed by atoms with Crippen LogP contribution in [0.2, 0.25) is 0 Å². The van der Waals surface area contributed by atoms with E-state index in [0.29, 0.717) is 0 Å². The Kier molecular flexibility index (Phi) is 3.68. The van der Waals surface area contributed by atoms with Gasteiger partial charge in [0.15, 0.2) is 12.4 Å². The average molecular weight is 278 g/mol. The van der Waals surface area contributed by atoms with Gasteiger partial charge in [-0.2, -0.15) is 18.3 Å². The predicted molar refractivity (Wildman–Crippen MR) is 58.0 cm³/mol. The summed E-state index contributed by atoms with van der Waals surface area (Å²) in [7, 11) is 0. The molecule has 0 N–H and O–H groups in total. The Hall–Kier alpha value is -1.73. The summed E-state index contributed by atoms with van der Waals surface area (Å²) in [6.45, 7) is 0.260. The minimum Gasteiger partial charge on any atom is -0.480 e. The summed E-state index contributed by atoms with van der Waals surface area (Å²) in [6, 6.07) is 0.136. The van der Waals surface area contributed by atoms with Crippen molar-refractivity contribution in [1.29, 1.82) is 0 Å². The molecule has 0 aliphatic heterocycles. The van der Waals surface area contributed by atoms with Gasteiger partial charge in [0.05, 0.1) is 18.8 Å². The van der Waals surface area contributed by atoms with Gasteiger partial charge < -0.3 is 9.47 Å². The third kappa shape index (κ3) is 3.62. The smallest absolute Gasteiger partial charge is 0.422 e. The highest BCUT2D eigenvalue weighted by Gasteiger charge is 2.32. The van der Waals surface area contributed by atoms with Gasteiger partial charge in [-0.15, -0.1) is 0 Å². The average Bonchev–Trinajstić information content (AvgIpc) is 3.06. The maximum absolute atomic E-state index is 12.1. The van der Waals surface area contributed by atoms with Crippen LogP contribution < -0.4 is 4.74 Å². The maximum Gasteiger partial charge on any atom is 0.422 e. The normalized spacial score (nSPS) is 15.4. The Morgan fingerprint density at radius 1 is 1.53 bits per heavy atom. The third-order valence-corrected chi connectivity index (χ3v) is 2.48. The number of carbonyl (C=O) groups excluding carboxylic acids is 1. The van der Waals surface area contributed by atoms with Gasteiger partial charge >= 0.3 is 12.1 Å². The molecule has 1 aliphatic carbocycles. The van der Waals surface area contributed by atoms with Gasteiger partial charge in [0.25, 0.3) is 0 Å². The highest BCUT2D eigenvalue weighted by molar-refractivity contribution is 5.90. The molecule has 0 saturated heterocycles. The molecule has 1 aliphatic rings. The van der Waals surface area contributed by atoms with Crippen LogP contribution in [0.15, 0.2) is 6.20 Å². The first-order valence-corrected chi connectivity index (χ1v) is 5.86. The molecule has 5 nitrogen and oxygen atoms in total. The number of alkyl halides is 3. The van der Waals surface area contributed by atoms with Gasteiger partial charge in [-0.05, 0) is 19.8 Å². The van der Waals surface area contributed by atoms with Gasteiger partial charge in [0.1, 0.15) is 0 Å². The fourth-order valence-corrected chi connectivity index (χ4v) is 1.51. The van der Waals surface area contributed by atoms with Crippen LogP contribution in [0.25, 0.3) is 0 Å². The summed E-state index contributed by atoms with van der Waals surface area (Å²) in [6.07, 6.45) is -1.37. The molecular weight excluding hydrogens is 265 g/mol. The molecule has 0 spiro atoms. The van der Waals surface area contributed by atoms with E-state index in [-0.39, 0.29) is 24.1 Å². The first-order valence-electron chi connectivity index (χ1n) is 5.86. The lowest BCUT2D eigenvalue weighted by molar-refractivity contribution is -0.153. The van der Waals surface area contributed by atoms with Gasteiger partial charge in [-0.25, -0.2) is 4.79 Å². The predicted octanol–water partition coefficient (Wildman–Crippen LogP) is 2.34. The quantitative estimate of drug-likeness (QED) is 0.776. The van der Waals surface area contributed by atoms with Crippen molar-refractivity contribution >= 4 is 5.97 Å². The molecule has 106 valence electrons. The molecule has 1 aromatic rings. The molecule has 0 bridgehead atoms. The highest BCUT2D eigenvalue weighted by atomic mass is 19.4. The van der Waals surface area contributed by atoms with Crippen molar-refractivity contribution in [3.05, 3.63) is 11.9 Å². The fraction of sp³-hybridized carbons (Fsp3) is 0.636. The Morgan fingerprint density at radius 3 is 2.74 bits per heavy atom. The van der Waals surface area contributed by atoms with Crippen LogP contribution in [0.5, 0.6) is 5.75 Å².